The van der Waals surface area contributed by atoms with Crippen LogP contribution in [0.15, 0.2) is 120 Å². The fourth-order valence-electron chi connectivity index (χ4n) is 5.14. The van der Waals surface area contributed by atoms with E-state index in [1.165, 1.54) is 21.7 Å². The zero-order chi connectivity index (χ0) is 22.2. The van der Waals surface area contributed by atoms with Crippen LogP contribution in [0.4, 0.5) is 0 Å². The number of rotatable bonds is 5. The second-order valence-electron chi connectivity index (χ2n) is 8.75. The van der Waals surface area contributed by atoms with E-state index in [1.54, 1.807) is 22.0 Å². The summed E-state index contributed by atoms with van der Waals surface area (Å²) in [5.41, 5.74) is 7.61. The predicted octanol–water partition coefficient (Wildman–Crippen LogP) is 1.46. The third-order valence-corrected chi connectivity index (χ3v) is 17.5. The average Bonchev–Trinajstić information content (AvgIpc) is 3.38. The van der Waals surface area contributed by atoms with Gasteiger partial charge < -0.3 is 24.8 Å². The molecule has 0 amide bonds. The Morgan fingerprint density at radius 2 is 1.00 bits per heavy atom. The van der Waals surface area contributed by atoms with Crippen molar-refractivity contribution in [2.24, 2.45) is 0 Å². The molecule has 0 radical (unpaired) electrons. The first-order valence-corrected chi connectivity index (χ1v) is 17.0. The molecule has 6 rings (SSSR count). The van der Waals surface area contributed by atoms with Crippen molar-refractivity contribution in [2.75, 3.05) is 0 Å². The Morgan fingerprint density at radius 1 is 0.543 bits per heavy atom. The van der Waals surface area contributed by atoms with E-state index in [0.29, 0.717) is 7.35 Å². The van der Waals surface area contributed by atoms with Gasteiger partial charge in [0.25, 0.3) is 0 Å². The van der Waals surface area contributed by atoms with Crippen molar-refractivity contribution in [1.29, 1.82) is 0 Å². The maximum Gasteiger partial charge on any atom is -1.00 e. The van der Waals surface area contributed by atoms with E-state index < -0.39 is 30.8 Å². The Balaban J connectivity index is 0.00000144. The Labute approximate surface area is 233 Å². The first-order valence-electron chi connectivity index (χ1n) is 11.5. The largest absolute Gasteiger partial charge is 1.00 e. The van der Waals surface area contributed by atoms with Crippen molar-refractivity contribution >= 4 is 30.7 Å². The van der Waals surface area contributed by atoms with E-state index in [9.17, 15) is 0 Å². The summed E-state index contributed by atoms with van der Waals surface area (Å²) in [7, 11) is -0.549. The summed E-state index contributed by atoms with van der Waals surface area (Å²) in [5.74, 6) is 0. The Kier molecular flexibility index (Phi) is 8.67. The molecule has 0 bridgehead atoms. The molecule has 2 aliphatic carbocycles. The van der Waals surface area contributed by atoms with Gasteiger partial charge in [0.05, 0.1) is 0 Å². The van der Waals surface area contributed by atoms with Crippen molar-refractivity contribution in [1.82, 2.24) is 0 Å². The molecule has 0 aliphatic heterocycles. The number of halogens is 2. The molecule has 2 unspecified atom stereocenters. The number of hydrogen-bond donors (Lipinski definition) is 0. The minimum absolute atomic E-state index is 0. The average molecular weight is 678 g/mol. The first-order chi connectivity index (χ1) is 16.3. The number of benzene rings is 4. The summed E-state index contributed by atoms with van der Waals surface area (Å²) < 4.78 is 1.29. The van der Waals surface area contributed by atoms with Gasteiger partial charge in [-0.15, -0.1) is 0 Å². The Hall–Kier alpha value is -1.76. The van der Waals surface area contributed by atoms with Crippen LogP contribution in [0.25, 0.3) is 12.2 Å². The van der Waals surface area contributed by atoms with Gasteiger partial charge in [-0.1, -0.05) is 0 Å². The van der Waals surface area contributed by atoms with Crippen molar-refractivity contribution in [3.8, 4) is 0 Å². The van der Waals surface area contributed by atoms with Crippen LogP contribution < -0.4 is 35.4 Å². The fraction of sp³-hybridized carbons (Fsp3) is 0.0968. The van der Waals surface area contributed by atoms with Gasteiger partial charge >= 0.3 is 210 Å². The Bertz CT molecular complexity index is 1330. The zero-order valence-electron chi connectivity index (χ0n) is 19.4. The van der Waals surface area contributed by atoms with Crippen LogP contribution in [0.1, 0.15) is 36.5 Å². The molecule has 35 heavy (non-hydrogen) atoms. The van der Waals surface area contributed by atoms with Gasteiger partial charge in [-0.05, 0) is 0 Å². The minimum Gasteiger partial charge on any atom is -1.00 e. The molecule has 0 aromatic heterocycles. The van der Waals surface area contributed by atoms with Crippen LogP contribution in [0.3, 0.4) is 0 Å². The summed E-state index contributed by atoms with van der Waals surface area (Å²) in [6.07, 6.45) is 4.99. The van der Waals surface area contributed by atoms with Gasteiger partial charge in [-0.2, -0.15) is 0 Å². The SMILES string of the molecule is CC1=Cc2ccccc2[CH]1[Hf+2][CH]1C(P(c2ccccc2)c2ccccc2)=Cc2ccccc21.[Cl-].[Cl-]. The van der Waals surface area contributed by atoms with Gasteiger partial charge in [0.1, 0.15) is 0 Å². The summed E-state index contributed by atoms with van der Waals surface area (Å²) in [6.45, 7) is 2.36. The van der Waals surface area contributed by atoms with Gasteiger partial charge in [0.15, 0.2) is 0 Å². The standard InChI is InChI=1S/C21H16P.C10H9.2ClH.Hf/c1-3-11-19(12-4-1)22(20-13-5-2-6-14-20)21-15-17-9-7-8-10-18(17)16-21;1-8-6-9-4-2-3-5-10(9)7-8;;;/h1-16H;2-7H,1H3;2*1H;/q;;;;+2/p-2. The van der Waals surface area contributed by atoms with Crippen LogP contribution in [0.5, 0.6) is 0 Å². The van der Waals surface area contributed by atoms with E-state index in [0.717, 1.165) is 0 Å². The summed E-state index contributed by atoms with van der Waals surface area (Å²) in [6, 6.07) is 40.7. The van der Waals surface area contributed by atoms with Gasteiger partial charge in [-0.3, -0.25) is 0 Å². The topological polar surface area (TPSA) is 0 Å². The quantitative estimate of drug-likeness (QED) is 0.222. The van der Waals surface area contributed by atoms with Crippen molar-refractivity contribution in [2.45, 2.75) is 14.3 Å². The van der Waals surface area contributed by atoms with Crippen LogP contribution in [0, 0.1) is 0 Å². The maximum atomic E-state index is 2.55. The van der Waals surface area contributed by atoms with E-state index in [2.05, 4.69) is 128 Å². The van der Waals surface area contributed by atoms with E-state index in [-0.39, 0.29) is 24.8 Å². The van der Waals surface area contributed by atoms with Crippen LogP contribution in [-0.4, -0.2) is 0 Å². The number of fused-ring (bicyclic) bond motifs is 2. The van der Waals surface area contributed by atoms with Gasteiger partial charge in [0, 0.05) is 0 Å². The molecule has 0 saturated heterocycles. The molecule has 4 aromatic carbocycles. The van der Waals surface area contributed by atoms with Gasteiger partial charge in [-0.25, -0.2) is 0 Å². The Morgan fingerprint density at radius 3 is 1.57 bits per heavy atom. The summed E-state index contributed by atoms with van der Waals surface area (Å²) in [4.78, 5) is 0. The van der Waals surface area contributed by atoms with Crippen LogP contribution in [-0.2, 0) is 22.9 Å². The van der Waals surface area contributed by atoms with Crippen LogP contribution in [0.2, 0.25) is 0 Å². The monoisotopic (exact) mass is 678 g/mol. The molecule has 4 heteroatoms. The minimum atomic E-state index is -1.18. The third-order valence-electron chi connectivity index (χ3n) is 6.67. The maximum absolute atomic E-state index is 2.55. The second-order valence-corrected chi connectivity index (χ2v) is 16.3. The molecule has 0 fully saturated rings. The van der Waals surface area contributed by atoms with Crippen molar-refractivity contribution < 1.29 is 47.7 Å². The van der Waals surface area contributed by atoms with Crippen LogP contribution >= 0.6 is 7.92 Å². The summed E-state index contributed by atoms with van der Waals surface area (Å²) in [5, 5.41) is 4.60. The molecule has 4 aromatic rings. The fourth-order valence-corrected chi connectivity index (χ4v) is 16.2. The zero-order valence-corrected chi connectivity index (χ0v) is 25.4. The van der Waals surface area contributed by atoms with E-state index in [1.807, 2.05) is 0 Å². The molecule has 0 saturated carbocycles. The second kappa shape index (κ2) is 11.5. The molecule has 2 atom stereocenters. The number of allylic oxidation sites excluding steroid dienone is 2. The van der Waals surface area contributed by atoms with E-state index in [4.69, 9.17) is 0 Å². The summed E-state index contributed by atoms with van der Waals surface area (Å²) >= 11 is -1.18. The van der Waals surface area contributed by atoms with E-state index >= 15 is 0 Å². The molecule has 0 heterocycles. The molecule has 2 aliphatic rings. The van der Waals surface area contributed by atoms with Crippen molar-refractivity contribution in [3.05, 3.63) is 142 Å². The van der Waals surface area contributed by atoms with Crippen molar-refractivity contribution in [3.63, 3.8) is 0 Å². The normalized spacial score (nSPS) is 17.3. The smallest absolute Gasteiger partial charge is 1.00 e. The first kappa shape index (κ1) is 26.3. The molecule has 172 valence electrons. The molecule has 0 spiro atoms. The predicted molar refractivity (Wildman–Crippen MR) is 139 cm³/mol. The molecular weight excluding hydrogens is 653 g/mol. The molecule has 0 nitrogen and oxygen atoms in total. The van der Waals surface area contributed by atoms with Gasteiger partial charge in [0.2, 0.25) is 0 Å². The molecular formula is C31H25Cl2HfP. The number of hydrogen-bond acceptors (Lipinski definition) is 0. The third kappa shape index (κ3) is 5.07. The molecule has 0 N–H and O–H groups in total.